The fourth-order valence-corrected chi connectivity index (χ4v) is 4.39. The smallest absolute Gasteiger partial charge is 0.258 e. The van der Waals surface area contributed by atoms with Gasteiger partial charge < -0.3 is 9.64 Å². The van der Waals surface area contributed by atoms with Crippen molar-refractivity contribution in [1.29, 1.82) is 0 Å². The molecule has 3 aromatic rings. The van der Waals surface area contributed by atoms with Crippen molar-refractivity contribution in [2.75, 3.05) is 12.9 Å². The van der Waals surface area contributed by atoms with Crippen LogP contribution < -0.4 is 4.74 Å². The molecule has 35 heavy (non-hydrogen) atoms. The lowest BCUT2D eigenvalue weighted by Crippen LogP contribution is -2.27. The van der Waals surface area contributed by atoms with Crippen molar-refractivity contribution >= 4 is 15.7 Å². The van der Waals surface area contributed by atoms with Crippen LogP contribution in [0.15, 0.2) is 41.4 Å². The zero-order valence-corrected chi connectivity index (χ0v) is 21.0. The first kappa shape index (κ1) is 24.8. The van der Waals surface area contributed by atoms with Crippen molar-refractivity contribution in [2.24, 2.45) is 5.41 Å². The number of ether oxygens (including phenoxy) is 1. The standard InChI is InChI=1S/C25H27F2N3O4S/c1-15-19(26)7-8-21(23(15)27)30-12-16-11-29(13-20(16)28-30)24(31)18-10-17(35(5,32)33)6-9-22(18)34-14-25(2,3)4/h6-10,12H,11,13-14H2,1-5H3. The molecule has 1 aliphatic rings. The number of hydrogen-bond donors (Lipinski definition) is 0. The van der Waals surface area contributed by atoms with E-state index >= 15 is 0 Å². The minimum absolute atomic E-state index is 0.0215. The van der Waals surface area contributed by atoms with Crippen molar-refractivity contribution < 1.29 is 26.7 Å². The van der Waals surface area contributed by atoms with Gasteiger partial charge in [-0.2, -0.15) is 5.10 Å². The number of carbonyl (C=O) groups is 1. The number of hydrogen-bond acceptors (Lipinski definition) is 5. The van der Waals surface area contributed by atoms with E-state index in [-0.39, 0.29) is 40.2 Å². The lowest BCUT2D eigenvalue weighted by molar-refractivity contribution is 0.0741. The zero-order valence-electron chi connectivity index (χ0n) is 20.2. The number of aromatic nitrogens is 2. The predicted molar refractivity (Wildman–Crippen MR) is 126 cm³/mol. The summed E-state index contributed by atoms with van der Waals surface area (Å²) in [6.07, 6.45) is 2.69. The summed E-state index contributed by atoms with van der Waals surface area (Å²) in [6, 6.07) is 6.77. The Morgan fingerprint density at radius 2 is 1.86 bits per heavy atom. The molecule has 0 aliphatic carbocycles. The van der Waals surface area contributed by atoms with E-state index in [1.165, 1.54) is 46.8 Å². The van der Waals surface area contributed by atoms with E-state index in [9.17, 15) is 22.0 Å². The number of benzene rings is 2. The van der Waals surface area contributed by atoms with Gasteiger partial charge in [0.25, 0.3) is 5.91 Å². The molecule has 10 heteroatoms. The van der Waals surface area contributed by atoms with E-state index in [0.717, 1.165) is 11.8 Å². The predicted octanol–water partition coefficient (Wildman–Crippen LogP) is 4.44. The maximum Gasteiger partial charge on any atom is 0.258 e. The first-order chi connectivity index (χ1) is 16.2. The number of carbonyl (C=O) groups excluding carboxylic acids is 1. The van der Waals surface area contributed by atoms with Gasteiger partial charge in [0, 0.05) is 30.1 Å². The maximum absolute atomic E-state index is 14.5. The van der Waals surface area contributed by atoms with Crippen LogP contribution in [0.4, 0.5) is 8.78 Å². The van der Waals surface area contributed by atoms with Crippen molar-refractivity contribution in [2.45, 2.75) is 45.7 Å². The third-order valence-electron chi connectivity index (χ3n) is 5.68. The van der Waals surface area contributed by atoms with E-state index in [0.29, 0.717) is 18.1 Å². The van der Waals surface area contributed by atoms with Crippen LogP contribution in [0.3, 0.4) is 0 Å². The van der Waals surface area contributed by atoms with Crippen LogP contribution in [-0.4, -0.2) is 41.9 Å². The van der Waals surface area contributed by atoms with Crippen molar-refractivity contribution in [3.8, 4) is 11.4 Å². The number of nitrogens with zero attached hydrogens (tertiary/aromatic N) is 3. The largest absolute Gasteiger partial charge is 0.492 e. The van der Waals surface area contributed by atoms with Gasteiger partial charge in [-0.1, -0.05) is 20.8 Å². The molecule has 0 atom stereocenters. The van der Waals surface area contributed by atoms with Crippen molar-refractivity contribution in [3.63, 3.8) is 0 Å². The lowest BCUT2D eigenvalue weighted by Gasteiger charge is -2.22. The summed E-state index contributed by atoms with van der Waals surface area (Å²) in [7, 11) is -3.54. The highest BCUT2D eigenvalue weighted by Gasteiger charge is 2.30. The summed E-state index contributed by atoms with van der Waals surface area (Å²) in [5.41, 5.74) is 1.30. The minimum Gasteiger partial charge on any atom is -0.492 e. The Morgan fingerprint density at radius 3 is 2.49 bits per heavy atom. The molecule has 186 valence electrons. The fraction of sp³-hybridized carbons (Fsp3) is 0.360. The Morgan fingerprint density at radius 1 is 1.14 bits per heavy atom. The van der Waals surface area contributed by atoms with E-state index < -0.39 is 27.4 Å². The SMILES string of the molecule is Cc1c(F)ccc(-n2cc3c(n2)CN(C(=O)c2cc(S(C)(=O)=O)ccc2OCC(C)(C)C)C3)c1F. The van der Waals surface area contributed by atoms with Gasteiger partial charge in [-0.25, -0.2) is 21.9 Å². The Hall–Kier alpha value is -3.27. The second kappa shape index (κ2) is 8.75. The number of halogens is 2. The highest BCUT2D eigenvalue weighted by molar-refractivity contribution is 7.90. The van der Waals surface area contributed by atoms with Gasteiger partial charge >= 0.3 is 0 Å². The summed E-state index contributed by atoms with van der Waals surface area (Å²) in [5.74, 6) is -1.43. The third-order valence-corrected chi connectivity index (χ3v) is 6.79. The van der Waals surface area contributed by atoms with E-state index in [1.54, 1.807) is 6.20 Å². The Labute approximate surface area is 203 Å². The molecule has 1 aliphatic heterocycles. The summed E-state index contributed by atoms with van der Waals surface area (Å²) in [5, 5.41) is 4.40. The quantitative estimate of drug-likeness (QED) is 0.514. The molecular formula is C25H27F2N3O4S. The number of sulfone groups is 1. The van der Waals surface area contributed by atoms with Gasteiger partial charge in [0.1, 0.15) is 17.3 Å². The Kier molecular flexibility index (Phi) is 6.21. The van der Waals surface area contributed by atoms with Crippen LogP contribution in [0, 0.1) is 24.0 Å². The topological polar surface area (TPSA) is 81.5 Å². The van der Waals surface area contributed by atoms with E-state index in [2.05, 4.69) is 5.10 Å². The molecule has 0 unspecified atom stereocenters. The molecule has 0 bridgehead atoms. The average molecular weight is 504 g/mol. The molecule has 1 aromatic heterocycles. The molecule has 4 rings (SSSR count). The van der Waals surface area contributed by atoms with Crippen LogP contribution >= 0.6 is 0 Å². The van der Waals surface area contributed by atoms with Gasteiger partial charge in [-0.05, 0) is 42.7 Å². The molecule has 0 spiro atoms. The maximum atomic E-state index is 14.5. The highest BCUT2D eigenvalue weighted by Crippen LogP contribution is 2.31. The van der Waals surface area contributed by atoms with Crippen molar-refractivity contribution in [3.05, 3.63) is 70.5 Å². The summed E-state index contributed by atoms with van der Waals surface area (Å²) in [4.78, 5) is 15.0. The number of amides is 1. The Bertz CT molecular complexity index is 1400. The molecule has 0 saturated heterocycles. The second-order valence-corrected chi connectivity index (χ2v) is 12.0. The molecule has 2 heterocycles. The molecule has 0 radical (unpaired) electrons. The number of rotatable bonds is 5. The van der Waals surface area contributed by atoms with E-state index in [4.69, 9.17) is 4.74 Å². The zero-order chi connectivity index (χ0) is 25.7. The summed E-state index contributed by atoms with van der Waals surface area (Å²) in [6.45, 7) is 8.02. The molecule has 0 saturated carbocycles. The molecular weight excluding hydrogens is 476 g/mol. The molecule has 1 amide bonds. The third kappa shape index (κ3) is 5.07. The normalized spacial score (nSPS) is 13.7. The van der Waals surface area contributed by atoms with E-state index in [1.807, 2.05) is 20.8 Å². The van der Waals surface area contributed by atoms with Gasteiger partial charge in [0.05, 0.1) is 29.3 Å². The highest BCUT2D eigenvalue weighted by atomic mass is 32.2. The Balaban J connectivity index is 1.61. The first-order valence-corrected chi connectivity index (χ1v) is 12.9. The molecule has 7 nitrogen and oxygen atoms in total. The van der Waals surface area contributed by atoms with Gasteiger partial charge in [-0.15, -0.1) is 0 Å². The van der Waals surface area contributed by atoms with Crippen molar-refractivity contribution in [1.82, 2.24) is 14.7 Å². The minimum atomic E-state index is -3.54. The van der Waals surface area contributed by atoms with Crippen LogP contribution in [0.5, 0.6) is 5.75 Å². The summed E-state index contributed by atoms with van der Waals surface area (Å²) < 4.78 is 59.6. The fourth-order valence-electron chi connectivity index (χ4n) is 3.74. The van der Waals surface area contributed by atoms with Crippen LogP contribution in [0.25, 0.3) is 5.69 Å². The monoisotopic (exact) mass is 503 g/mol. The average Bonchev–Trinajstić information content (AvgIpc) is 3.34. The molecule has 0 fully saturated rings. The summed E-state index contributed by atoms with van der Waals surface area (Å²) >= 11 is 0. The van der Waals surface area contributed by atoms with Crippen LogP contribution in [-0.2, 0) is 22.9 Å². The van der Waals surface area contributed by atoms with Crippen LogP contribution in [0.1, 0.15) is 48.0 Å². The van der Waals surface area contributed by atoms with Gasteiger partial charge in [0.15, 0.2) is 15.7 Å². The van der Waals surface area contributed by atoms with Crippen LogP contribution in [0.2, 0.25) is 0 Å². The number of fused-ring (bicyclic) bond motifs is 1. The first-order valence-electron chi connectivity index (χ1n) is 11.0. The van der Waals surface area contributed by atoms with Gasteiger partial charge in [0.2, 0.25) is 0 Å². The lowest BCUT2D eigenvalue weighted by atomic mass is 9.98. The van der Waals surface area contributed by atoms with Gasteiger partial charge in [-0.3, -0.25) is 4.79 Å². The molecule has 2 aromatic carbocycles. The second-order valence-electron chi connectivity index (χ2n) is 9.99. The molecule has 0 N–H and O–H groups in total.